The van der Waals surface area contributed by atoms with E-state index in [0.29, 0.717) is 12.1 Å². The molecule has 0 saturated carbocycles. The van der Waals surface area contributed by atoms with Gasteiger partial charge in [0.15, 0.2) is 5.84 Å². The molecule has 5 nitrogen and oxygen atoms in total. The number of para-hydroxylation sites is 1. The zero-order valence-corrected chi connectivity index (χ0v) is 10.8. The Morgan fingerprint density at radius 1 is 1.50 bits per heavy atom. The summed E-state index contributed by atoms with van der Waals surface area (Å²) in [7, 11) is 1.95. The van der Waals surface area contributed by atoms with E-state index in [0.717, 1.165) is 11.4 Å². The molecule has 0 aliphatic heterocycles. The summed E-state index contributed by atoms with van der Waals surface area (Å²) in [6.45, 7) is 0.680. The van der Waals surface area contributed by atoms with Gasteiger partial charge in [-0.2, -0.15) is 0 Å². The number of aromatic nitrogens is 1. The minimum absolute atomic E-state index is 0.107. The topological polar surface area (TPSA) is 74.7 Å². The molecule has 1 heterocycles. The van der Waals surface area contributed by atoms with Gasteiger partial charge >= 0.3 is 0 Å². The van der Waals surface area contributed by atoms with Crippen LogP contribution < -0.4 is 10.6 Å². The van der Waals surface area contributed by atoms with Crippen LogP contribution in [0.3, 0.4) is 0 Å². The summed E-state index contributed by atoms with van der Waals surface area (Å²) in [6.07, 6.45) is 0. The van der Waals surface area contributed by atoms with Crippen LogP contribution in [0.1, 0.15) is 11.3 Å². The van der Waals surface area contributed by atoms with E-state index in [2.05, 4.69) is 10.1 Å². The molecule has 94 valence electrons. The van der Waals surface area contributed by atoms with Crippen molar-refractivity contribution in [3.63, 3.8) is 0 Å². The van der Waals surface area contributed by atoms with Crippen LogP contribution in [0.15, 0.2) is 40.3 Å². The molecule has 0 radical (unpaired) electrons. The molecule has 0 spiro atoms. The minimum atomic E-state index is 0.107. The van der Waals surface area contributed by atoms with Crippen molar-refractivity contribution in [1.29, 1.82) is 0 Å². The second-order valence-corrected chi connectivity index (χ2v) is 4.56. The second kappa shape index (κ2) is 5.50. The molecule has 18 heavy (non-hydrogen) atoms. The third-order valence-corrected chi connectivity index (χ3v) is 3.22. The van der Waals surface area contributed by atoms with E-state index in [1.807, 2.05) is 41.6 Å². The van der Waals surface area contributed by atoms with Gasteiger partial charge in [-0.3, -0.25) is 0 Å². The molecule has 6 heteroatoms. The molecule has 0 fully saturated rings. The summed E-state index contributed by atoms with van der Waals surface area (Å²) in [5.74, 6) is 0.107. The number of hydrogen-bond donors (Lipinski definition) is 2. The maximum absolute atomic E-state index is 8.78. The Hall–Kier alpha value is -2.08. The van der Waals surface area contributed by atoms with Gasteiger partial charge in [-0.25, -0.2) is 4.98 Å². The van der Waals surface area contributed by atoms with E-state index in [9.17, 15) is 0 Å². The summed E-state index contributed by atoms with van der Waals surface area (Å²) in [4.78, 5) is 6.26. The minimum Gasteiger partial charge on any atom is -0.409 e. The van der Waals surface area contributed by atoms with E-state index in [4.69, 9.17) is 10.9 Å². The number of oxime groups is 1. The van der Waals surface area contributed by atoms with Crippen LogP contribution in [0.5, 0.6) is 0 Å². The number of rotatable bonds is 4. The fraction of sp³-hybridized carbons (Fsp3) is 0.167. The molecule has 0 saturated heterocycles. The number of thiazole rings is 1. The van der Waals surface area contributed by atoms with Crippen molar-refractivity contribution in [3.05, 3.63) is 46.4 Å². The highest BCUT2D eigenvalue weighted by molar-refractivity contribution is 7.07. The summed E-state index contributed by atoms with van der Waals surface area (Å²) < 4.78 is 0. The number of amidine groups is 1. The normalized spacial score (nSPS) is 11.5. The zero-order valence-electron chi connectivity index (χ0n) is 9.95. The van der Waals surface area contributed by atoms with E-state index in [1.54, 1.807) is 16.8 Å². The first-order chi connectivity index (χ1) is 8.72. The first-order valence-electron chi connectivity index (χ1n) is 5.37. The largest absolute Gasteiger partial charge is 0.409 e. The van der Waals surface area contributed by atoms with E-state index < -0.39 is 0 Å². The lowest BCUT2D eigenvalue weighted by Crippen LogP contribution is -2.22. The Labute approximate surface area is 109 Å². The lowest BCUT2D eigenvalue weighted by molar-refractivity contribution is 0.318. The zero-order chi connectivity index (χ0) is 13.0. The number of benzene rings is 1. The molecule has 1 aromatic carbocycles. The highest BCUT2D eigenvalue weighted by atomic mass is 32.1. The highest BCUT2D eigenvalue weighted by Gasteiger charge is 2.11. The Bertz CT molecular complexity index is 539. The number of nitrogens with zero attached hydrogens (tertiary/aromatic N) is 3. The monoisotopic (exact) mass is 262 g/mol. The summed E-state index contributed by atoms with van der Waals surface area (Å²) in [5, 5.41) is 13.8. The van der Waals surface area contributed by atoms with Gasteiger partial charge < -0.3 is 15.8 Å². The summed E-state index contributed by atoms with van der Waals surface area (Å²) in [5.41, 5.74) is 10.1. The quantitative estimate of drug-likeness (QED) is 0.382. The Balaban J connectivity index is 2.27. The Morgan fingerprint density at radius 3 is 2.94 bits per heavy atom. The van der Waals surface area contributed by atoms with Crippen molar-refractivity contribution in [2.75, 3.05) is 11.9 Å². The average molecular weight is 262 g/mol. The molecule has 2 rings (SSSR count). The van der Waals surface area contributed by atoms with Gasteiger partial charge in [-0.15, -0.1) is 11.3 Å². The number of nitrogens with two attached hydrogens (primary N) is 1. The molecule has 0 unspecified atom stereocenters. The SMILES string of the molecule is CN(Cc1cscn1)c1ccccc1/C(N)=N/O. The smallest absolute Gasteiger partial charge is 0.172 e. The van der Waals surface area contributed by atoms with Crippen LogP contribution in [-0.4, -0.2) is 23.1 Å². The molecule has 1 aromatic heterocycles. The van der Waals surface area contributed by atoms with E-state index in [-0.39, 0.29) is 5.84 Å². The highest BCUT2D eigenvalue weighted by Crippen LogP contribution is 2.20. The fourth-order valence-corrected chi connectivity index (χ4v) is 2.27. The van der Waals surface area contributed by atoms with Crippen molar-refractivity contribution in [2.24, 2.45) is 10.9 Å². The maximum atomic E-state index is 8.78. The van der Waals surface area contributed by atoms with Gasteiger partial charge in [0, 0.05) is 23.7 Å². The van der Waals surface area contributed by atoms with E-state index >= 15 is 0 Å². The van der Waals surface area contributed by atoms with E-state index in [1.165, 1.54) is 0 Å². The Morgan fingerprint density at radius 2 is 2.28 bits per heavy atom. The lowest BCUT2D eigenvalue weighted by atomic mass is 10.1. The molecule has 0 aliphatic carbocycles. The van der Waals surface area contributed by atoms with Crippen molar-refractivity contribution >= 4 is 22.9 Å². The number of hydrogen-bond acceptors (Lipinski definition) is 5. The summed E-state index contributed by atoms with van der Waals surface area (Å²) in [6, 6.07) is 7.52. The van der Waals surface area contributed by atoms with Crippen LogP contribution in [0, 0.1) is 0 Å². The van der Waals surface area contributed by atoms with Gasteiger partial charge in [0.1, 0.15) is 0 Å². The van der Waals surface area contributed by atoms with Gasteiger partial charge in [0.2, 0.25) is 0 Å². The van der Waals surface area contributed by atoms with Crippen molar-refractivity contribution in [3.8, 4) is 0 Å². The van der Waals surface area contributed by atoms with Crippen LogP contribution in [-0.2, 0) is 6.54 Å². The molecule has 0 aliphatic rings. The third-order valence-electron chi connectivity index (χ3n) is 2.58. The molecule has 0 bridgehead atoms. The lowest BCUT2D eigenvalue weighted by Gasteiger charge is -2.21. The molecule has 2 aromatic rings. The van der Waals surface area contributed by atoms with Crippen LogP contribution in [0.4, 0.5) is 5.69 Å². The van der Waals surface area contributed by atoms with Gasteiger partial charge in [-0.1, -0.05) is 17.3 Å². The molecular weight excluding hydrogens is 248 g/mol. The van der Waals surface area contributed by atoms with Crippen LogP contribution in [0.2, 0.25) is 0 Å². The molecule has 0 amide bonds. The molecule has 3 N–H and O–H groups in total. The van der Waals surface area contributed by atoms with Gasteiger partial charge in [0.05, 0.1) is 17.7 Å². The average Bonchev–Trinajstić information content (AvgIpc) is 2.90. The first kappa shape index (κ1) is 12.4. The van der Waals surface area contributed by atoms with Gasteiger partial charge in [0.25, 0.3) is 0 Å². The Kier molecular flexibility index (Phi) is 3.78. The molecule has 0 atom stereocenters. The predicted octanol–water partition coefficient (Wildman–Crippen LogP) is 1.87. The van der Waals surface area contributed by atoms with Crippen molar-refractivity contribution in [1.82, 2.24) is 4.98 Å². The van der Waals surface area contributed by atoms with Crippen LogP contribution in [0.25, 0.3) is 0 Å². The first-order valence-corrected chi connectivity index (χ1v) is 6.31. The van der Waals surface area contributed by atoms with Gasteiger partial charge in [-0.05, 0) is 12.1 Å². The van der Waals surface area contributed by atoms with Crippen molar-refractivity contribution < 1.29 is 5.21 Å². The van der Waals surface area contributed by atoms with Crippen molar-refractivity contribution in [2.45, 2.75) is 6.54 Å². The standard InChI is InChI=1S/C12H14N4OS/c1-16(6-9-7-18-8-14-9)11-5-3-2-4-10(11)12(13)15-17/h2-5,7-8,17H,6H2,1H3,(H2,13,15). The van der Waals surface area contributed by atoms with Crippen LogP contribution >= 0.6 is 11.3 Å². The maximum Gasteiger partial charge on any atom is 0.172 e. The summed E-state index contributed by atoms with van der Waals surface area (Å²) >= 11 is 1.57. The second-order valence-electron chi connectivity index (χ2n) is 3.84. The predicted molar refractivity (Wildman–Crippen MR) is 73.2 cm³/mol. The fourth-order valence-electron chi connectivity index (χ4n) is 1.72. The molecular formula is C12H14N4OS. The third kappa shape index (κ3) is 2.60. The number of anilines is 1.